The van der Waals surface area contributed by atoms with Gasteiger partial charge in [-0.15, -0.1) is 11.3 Å². The Morgan fingerprint density at radius 3 is 3.00 bits per heavy atom. The summed E-state index contributed by atoms with van der Waals surface area (Å²) in [4.78, 5) is 4.16. The fraction of sp³-hybridized carbons (Fsp3) is 0.250. The van der Waals surface area contributed by atoms with Gasteiger partial charge in [0.25, 0.3) is 0 Å². The average molecular weight is 254 g/mol. The summed E-state index contributed by atoms with van der Waals surface area (Å²) >= 11 is 7.57. The lowest BCUT2D eigenvalue weighted by atomic mass is 10.0. The predicted octanol–water partition coefficient (Wildman–Crippen LogP) is 3.38. The zero-order valence-electron chi connectivity index (χ0n) is 8.85. The highest BCUT2D eigenvalue weighted by molar-refractivity contribution is 7.09. The first-order chi connectivity index (χ1) is 7.68. The Morgan fingerprint density at radius 1 is 1.50 bits per heavy atom. The number of thiazole rings is 1. The number of aliphatic hydroxyl groups excluding tert-OH is 1. The van der Waals surface area contributed by atoms with Gasteiger partial charge in [0.1, 0.15) is 0 Å². The molecular formula is C12H12ClNOS. The molecule has 1 N–H and O–H groups in total. The third-order valence-corrected chi connectivity index (χ3v) is 3.73. The Morgan fingerprint density at radius 2 is 2.31 bits per heavy atom. The van der Waals surface area contributed by atoms with Crippen LogP contribution in [0.25, 0.3) is 0 Å². The number of hydrogen-bond acceptors (Lipinski definition) is 3. The first kappa shape index (κ1) is 11.6. The maximum absolute atomic E-state index is 10.1. The van der Waals surface area contributed by atoms with Crippen molar-refractivity contribution in [3.05, 3.63) is 50.9 Å². The molecule has 2 nitrogen and oxygen atoms in total. The summed E-state index contributed by atoms with van der Waals surface area (Å²) in [6.07, 6.45) is 1.75. The van der Waals surface area contributed by atoms with Crippen LogP contribution < -0.4 is 0 Å². The highest BCUT2D eigenvalue weighted by Gasteiger charge is 2.13. The van der Waals surface area contributed by atoms with Crippen LogP contribution in [0.1, 0.15) is 22.2 Å². The molecule has 2 rings (SSSR count). The summed E-state index contributed by atoms with van der Waals surface area (Å²) in [6, 6.07) is 5.59. The van der Waals surface area contributed by atoms with E-state index in [9.17, 15) is 5.11 Å². The molecule has 0 bridgehead atoms. The van der Waals surface area contributed by atoms with Crippen LogP contribution in [-0.2, 0) is 6.42 Å². The van der Waals surface area contributed by atoms with Gasteiger partial charge in [-0.05, 0) is 24.1 Å². The summed E-state index contributed by atoms with van der Waals surface area (Å²) in [6.45, 7) is 1.92. The van der Waals surface area contributed by atoms with Gasteiger partial charge < -0.3 is 5.11 Å². The van der Waals surface area contributed by atoms with Crippen LogP contribution in [0.5, 0.6) is 0 Å². The quantitative estimate of drug-likeness (QED) is 0.910. The maximum atomic E-state index is 10.1. The third-order valence-electron chi connectivity index (χ3n) is 2.52. The van der Waals surface area contributed by atoms with Crippen LogP contribution in [-0.4, -0.2) is 10.1 Å². The van der Waals surface area contributed by atoms with E-state index in [1.807, 2.05) is 30.5 Å². The maximum Gasteiger partial charge on any atom is 0.0954 e. The van der Waals surface area contributed by atoms with E-state index in [2.05, 4.69) is 4.98 Å². The van der Waals surface area contributed by atoms with Gasteiger partial charge in [-0.3, -0.25) is 0 Å². The second-order valence-corrected chi connectivity index (χ2v) is 4.99. The zero-order valence-corrected chi connectivity index (χ0v) is 10.4. The molecular weight excluding hydrogens is 242 g/mol. The van der Waals surface area contributed by atoms with Crippen molar-refractivity contribution >= 4 is 22.9 Å². The Bertz CT molecular complexity index is 470. The molecule has 0 aliphatic carbocycles. The average Bonchev–Trinajstić information content (AvgIpc) is 2.74. The third kappa shape index (κ3) is 2.43. The molecule has 1 atom stereocenters. The van der Waals surface area contributed by atoms with E-state index in [0.717, 1.165) is 16.1 Å². The molecule has 1 heterocycles. The SMILES string of the molecule is Cc1c(Cl)cccc1C(O)Cc1nccs1. The Balaban J connectivity index is 2.21. The molecule has 0 saturated carbocycles. The largest absolute Gasteiger partial charge is 0.388 e. The number of aromatic nitrogens is 1. The van der Waals surface area contributed by atoms with Gasteiger partial charge in [-0.2, -0.15) is 0 Å². The fourth-order valence-corrected chi connectivity index (χ4v) is 2.45. The fourth-order valence-electron chi connectivity index (χ4n) is 1.61. The number of hydrogen-bond donors (Lipinski definition) is 1. The van der Waals surface area contributed by atoms with Gasteiger partial charge in [0.05, 0.1) is 11.1 Å². The van der Waals surface area contributed by atoms with Crippen molar-refractivity contribution in [2.45, 2.75) is 19.4 Å². The van der Waals surface area contributed by atoms with Gasteiger partial charge in [-0.1, -0.05) is 23.7 Å². The normalized spacial score (nSPS) is 12.7. The van der Waals surface area contributed by atoms with Crippen molar-refractivity contribution in [2.24, 2.45) is 0 Å². The number of aliphatic hydroxyl groups is 1. The first-order valence-corrected chi connectivity index (χ1v) is 6.25. The topological polar surface area (TPSA) is 33.1 Å². The van der Waals surface area contributed by atoms with Crippen LogP contribution in [0.2, 0.25) is 5.02 Å². The lowest BCUT2D eigenvalue weighted by Gasteiger charge is -2.13. The van der Waals surface area contributed by atoms with E-state index in [4.69, 9.17) is 11.6 Å². The minimum atomic E-state index is -0.537. The minimum Gasteiger partial charge on any atom is -0.388 e. The summed E-state index contributed by atoms with van der Waals surface area (Å²) in [5.41, 5.74) is 1.82. The zero-order chi connectivity index (χ0) is 11.5. The Hall–Kier alpha value is -0.900. The Kier molecular flexibility index (Phi) is 3.59. The summed E-state index contributed by atoms with van der Waals surface area (Å²) < 4.78 is 0. The van der Waals surface area contributed by atoms with E-state index in [-0.39, 0.29) is 0 Å². The first-order valence-electron chi connectivity index (χ1n) is 5.00. The molecule has 0 fully saturated rings. The van der Waals surface area contributed by atoms with E-state index < -0.39 is 6.10 Å². The van der Waals surface area contributed by atoms with Gasteiger partial charge in [0.2, 0.25) is 0 Å². The highest BCUT2D eigenvalue weighted by Crippen LogP contribution is 2.26. The van der Waals surface area contributed by atoms with Crippen LogP contribution in [0, 0.1) is 6.92 Å². The van der Waals surface area contributed by atoms with Crippen molar-refractivity contribution in [3.8, 4) is 0 Å². The molecule has 1 aromatic carbocycles. The van der Waals surface area contributed by atoms with Crippen molar-refractivity contribution in [3.63, 3.8) is 0 Å². The molecule has 16 heavy (non-hydrogen) atoms. The van der Waals surface area contributed by atoms with E-state index >= 15 is 0 Å². The molecule has 0 radical (unpaired) electrons. The standard InChI is InChI=1S/C12H12ClNOS/c1-8-9(3-2-4-10(8)13)11(15)7-12-14-5-6-16-12/h2-6,11,15H,7H2,1H3. The molecule has 1 unspecified atom stereocenters. The predicted molar refractivity (Wildman–Crippen MR) is 67.0 cm³/mol. The van der Waals surface area contributed by atoms with E-state index in [0.29, 0.717) is 11.4 Å². The molecule has 4 heteroatoms. The minimum absolute atomic E-state index is 0.537. The van der Waals surface area contributed by atoms with Crippen molar-refractivity contribution in [1.29, 1.82) is 0 Å². The molecule has 1 aromatic heterocycles. The van der Waals surface area contributed by atoms with Gasteiger partial charge in [0.15, 0.2) is 0 Å². The molecule has 0 saturated heterocycles. The second kappa shape index (κ2) is 4.95. The second-order valence-electron chi connectivity index (χ2n) is 3.60. The van der Waals surface area contributed by atoms with Gasteiger partial charge in [-0.25, -0.2) is 4.98 Å². The van der Waals surface area contributed by atoms with Crippen LogP contribution in [0.4, 0.5) is 0 Å². The lowest BCUT2D eigenvalue weighted by molar-refractivity contribution is 0.177. The summed E-state index contributed by atoms with van der Waals surface area (Å²) in [5, 5.41) is 13.6. The number of nitrogens with zero attached hydrogens (tertiary/aromatic N) is 1. The summed E-state index contributed by atoms with van der Waals surface area (Å²) in [5.74, 6) is 0. The molecule has 84 valence electrons. The van der Waals surface area contributed by atoms with E-state index in [1.54, 1.807) is 17.5 Å². The molecule has 0 spiro atoms. The highest BCUT2D eigenvalue weighted by atomic mass is 35.5. The lowest BCUT2D eigenvalue weighted by Crippen LogP contribution is -2.03. The smallest absolute Gasteiger partial charge is 0.0954 e. The molecule has 0 aliphatic rings. The Labute approximate surface area is 104 Å². The van der Waals surface area contributed by atoms with Crippen molar-refractivity contribution < 1.29 is 5.11 Å². The monoisotopic (exact) mass is 253 g/mol. The van der Waals surface area contributed by atoms with Crippen molar-refractivity contribution in [2.75, 3.05) is 0 Å². The number of halogens is 1. The van der Waals surface area contributed by atoms with Crippen molar-refractivity contribution in [1.82, 2.24) is 4.98 Å². The van der Waals surface area contributed by atoms with Crippen LogP contribution in [0.15, 0.2) is 29.8 Å². The van der Waals surface area contributed by atoms with Gasteiger partial charge >= 0.3 is 0 Å². The number of rotatable bonds is 3. The summed E-state index contributed by atoms with van der Waals surface area (Å²) in [7, 11) is 0. The molecule has 0 amide bonds. The van der Waals surface area contributed by atoms with Crippen LogP contribution in [0.3, 0.4) is 0 Å². The molecule has 2 aromatic rings. The van der Waals surface area contributed by atoms with Gasteiger partial charge in [0, 0.05) is 23.0 Å². The van der Waals surface area contributed by atoms with E-state index in [1.165, 1.54) is 0 Å². The number of benzene rings is 1. The van der Waals surface area contributed by atoms with Crippen LogP contribution >= 0.6 is 22.9 Å². The molecule has 0 aliphatic heterocycles.